The van der Waals surface area contributed by atoms with Crippen LogP contribution in [0.2, 0.25) is 0 Å². The summed E-state index contributed by atoms with van der Waals surface area (Å²) in [7, 11) is 0. The number of aliphatic carboxylic acids is 1. The van der Waals surface area contributed by atoms with Crippen LogP contribution in [0.25, 0.3) is 0 Å². The van der Waals surface area contributed by atoms with Gasteiger partial charge in [-0.05, 0) is 25.2 Å². The fraction of sp³-hybridized carbons (Fsp3) is 0.867. The van der Waals surface area contributed by atoms with Gasteiger partial charge >= 0.3 is 5.97 Å². The van der Waals surface area contributed by atoms with Gasteiger partial charge < -0.3 is 10.4 Å². The van der Waals surface area contributed by atoms with Crippen molar-refractivity contribution in [1.29, 1.82) is 5.26 Å². The maximum absolute atomic E-state index is 10.9. The van der Waals surface area contributed by atoms with Gasteiger partial charge in [0, 0.05) is 31.6 Å². The molecule has 0 aromatic heterocycles. The molecule has 5 heteroatoms. The van der Waals surface area contributed by atoms with Crippen molar-refractivity contribution in [3.8, 4) is 6.07 Å². The van der Waals surface area contributed by atoms with E-state index in [0.29, 0.717) is 18.6 Å². The average molecular weight is 279 g/mol. The second-order valence-electron chi connectivity index (χ2n) is 6.25. The highest BCUT2D eigenvalue weighted by Gasteiger charge is 2.29. The molecular weight excluding hydrogens is 254 g/mol. The summed E-state index contributed by atoms with van der Waals surface area (Å²) in [4.78, 5) is 13.0. The molecule has 0 aromatic carbocycles. The molecular formula is C15H25N3O2. The number of carboxylic acids is 1. The van der Waals surface area contributed by atoms with E-state index in [9.17, 15) is 4.79 Å². The molecule has 2 N–H and O–H groups in total. The van der Waals surface area contributed by atoms with E-state index in [-0.39, 0.29) is 12.3 Å². The number of piperidine rings is 1. The summed E-state index contributed by atoms with van der Waals surface area (Å²) in [6.07, 6.45) is 7.53. The molecule has 20 heavy (non-hydrogen) atoms. The van der Waals surface area contributed by atoms with Gasteiger partial charge in [-0.3, -0.25) is 9.69 Å². The molecule has 0 spiro atoms. The van der Waals surface area contributed by atoms with E-state index in [2.05, 4.69) is 16.3 Å². The highest BCUT2D eigenvalue weighted by Crippen LogP contribution is 2.23. The molecule has 0 amide bonds. The molecule has 0 bridgehead atoms. The van der Waals surface area contributed by atoms with Crippen LogP contribution in [0.1, 0.15) is 44.9 Å². The van der Waals surface area contributed by atoms with Crippen LogP contribution in [0.4, 0.5) is 0 Å². The zero-order valence-electron chi connectivity index (χ0n) is 12.1. The van der Waals surface area contributed by atoms with E-state index in [1.807, 2.05) is 0 Å². The van der Waals surface area contributed by atoms with Gasteiger partial charge in [-0.2, -0.15) is 5.26 Å². The van der Waals surface area contributed by atoms with Crippen molar-refractivity contribution in [2.45, 2.75) is 57.0 Å². The largest absolute Gasteiger partial charge is 0.481 e. The van der Waals surface area contributed by atoms with Gasteiger partial charge in [0.1, 0.15) is 0 Å². The van der Waals surface area contributed by atoms with Gasteiger partial charge in [0.2, 0.25) is 0 Å². The Bertz CT molecular complexity index is 361. The van der Waals surface area contributed by atoms with Gasteiger partial charge in [-0.1, -0.05) is 19.3 Å². The summed E-state index contributed by atoms with van der Waals surface area (Å²) in [6, 6.07) is 3.11. The van der Waals surface area contributed by atoms with Crippen molar-refractivity contribution < 1.29 is 9.90 Å². The molecule has 1 saturated carbocycles. The Kier molecular flexibility index (Phi) is 5.81. The summed E-state index contributed by atoms with van der Waals surface area (Å²) < 4.78 is 0. The Morgan fingerprint density at radius 3 is 2.65 bits per heavy atom. The molecule has 5 nitrogen and oxygen atoms in total. The van der Waals surface area contributed by atoms with Crippen molar-refractivity contribution in [2.24, 2.45) is 5.92 Å². The highest BCUT2D eigenvalue weighted by molar-refractivity contribution is 5.67. The Balaban J connectivity index is 1.88. The number of carbonyl (C=O) groups is 1. The normalized spacial score (nSPS) is 28.9. The van der Waals surface area contributed by atoms with Crippen molar-refractivity contribution >= 4 is 5.97 Å². The predicted molar refractivity (Wildman–Crippen MR) is 76.2 cm³/mol. The first kappa shape index (κ1) is 15.3. The van der Waals surface area contributed by atoms with E-state index >= 15 is 0 Å². The first-order valence-electron chi connectivity index (χ1n) is 7.74. The number of carboxylic acid groups (broad SMARTS) is 1. The zero-order chi connectivity index (χ0) is 14.4. The molecule has 2 unspecified atom stereocenters. The first-order valence-corrected chi connectivity index (χ1v) is 7.74. The minimum Gasteiger partial charge on any atom is -0.481 e. The fourth-order valence-corrected chi connectivity index (χ4v) is 3.65. The number of likely N-dealkylation sites (tertiary alicyclic amines) is 1. The maximum atomic E-state index is 10.9. The molecule has 1 heterocycles. The van der Waals surface area contributed by atoms with Gasteiger partial charge in [-0.25, -0.2) is 0 Å². The zero-order valence-corrected chi connectivity index (χ0v) is 12.1. The Hall–Kier alpha value is -1.12. The highest BCUT2D eigenvalue weighted by atomic mass is 16.4. The second kappa shape index (κ2) is 7.61. The van der Waals surface area contributed by atoms with E-state index < -0.39 is 5.97 Å². The lowest BCUT2D eigenvalue weighted by Crippen LogP contribution is -2.52. The maximum Gasteiger partial charge on any atom is 0.303 e. The third-order valence-corrected chi connectivity index (χ3v) is 4.45. The first-order chi connectivity index (χ1) is 9.67. The summed E-state index contributed by atoms with van der Waals surface area (Å²) in [5, 5.41) is 21.6. The van der Waals surface area contributed by atoms with Gasteiger partial charge in [0.25, 0.3) is 0 Å². The van der Waals surface area contributed by atoms with Crippen molar-refractivity contribution in [3.63, 3.8) is 0 Å². The molecule has 112 valence electrons. The number of nitrogens with one attached hydrogen (secondary N) is 1. The van der Waals surface area contributed by atoms with Crippen LogP contribution < -0.4 is 5.32 Å². The van der Waals surface area contributed by atoms with Crippen LogP contribution in [-0.2, 0) is 4.79 Å². The Labute approximate surface area is 120 Å². The van der Waals surface area contributed by atoms with Crippen molar-refractivity contribution in [1.82, 2.24) is 10.2 Å². The molecule has 2 atom stereocenters. The molecule has 2 fully saturated rings. The molecule has 1 aliphatic heterocycles. The number of nitrogens with zero attached hydrogens (tertiary/aromatic N) is 2. The lowest BCUT2D eigenvalue weighted by molar-refractivity contribution is -0.138. The van der Waals surface area contributed by atoms with Crippen LogP contribution >= 0.6 is 0 Å². The molecule has 2 aliphatic rings. The third-order valence-electron chi connectivity index (χ3n) is 4.45. The predicted octanol–water partition coefficient (Wildman–Crippen LogP) is 1.60. The summed E-state index contributed by atoms with van der Waals surface area (Å²) in [6.45, 7) is 2.02. The van der Waals surface area contributed by atoms with E-state index in [0.717, 1.165) is 19.5 Å². The standard InChI is InChI=1S/C15H25N3O2/c16-6-7-18-10-12(9-15(19)20)8-14(11-18)17-13-4-2-1-3-5-13/h12-14,17H,1-5,7-11H2,(H,19,20). The van der Waals surface area contributed by atoms with E-state index in [4.69, 9.17) is 10.4 Å². The minimum atomic E-state index is -0.731. The van der Waals surface area contributed by atoms with Crippen molar-refractivity contribution in [2.75, 3.05) is 19.6 Å². The third kappa shape index (κ3) is 4.77. The van der Waals surface area contributed by atoms with Crippen LogP contribution in [0.3, 0.4) is 0 Å². The van der Waals surface area contributed by atoms with Crippen molar-refractivity contribution in [3.05, 3.63) is 0 Å². The lowest BCUT2D eigenvalue weighted by Gasteiger charge is -2.39. The van der Waals surface area contributed by atoms with Gasteiger partial charge in [0.05, 0.1) is 12.6 Å². The van der Waals surface area contributed by atoms with Crippen LogP contribution in [0, 0.1) is 17.2 Å². The minimum absolute atomic E-state index is 0.163. The smallest absolute Gasteiger partial charge is 0.303 e. The second-order valence-corrected chi connectivity index (χ2v) is 6.25. The van der Waals surface area contributed by atoms with Gasteiger partial charge in [0.15, 0.2) is 0 Å². The topological polar surface area (TPSA) is 76.4 Å². The fourth-order valence-electron chi connectivity index (χ4n) is 3.65. The summed E-state index contributed by atoms with van der Waals surface area (Å²) in [5.74, 6) is -0.569. The SMILES string of the molecule is N#CCN1CC(CC(=O)O)CC(NC2CCCCC2)C1. The number of rotatable bonds is 5. The van der Waals surface area contributed by atoms with Crippen LogP contribution in [0.15, 0.2) is 0 Å². The summed E-state index contributed by atoms with van der Waals surface area (Å²) in [5.41, 5.74) is 0. The quantitative estimate of drug-likeness (QED) is 0.748. The van der Waals surface area contributed by atoms with E-state index in [1.165, 1.54) is 32.1 Å². The molecule has 0 radical (unpaired) electrons. The molecule has 0 aromatic rings. The Morgan fingerprint density at radius 1 is 1.25 bits per heavy atom. The van der Waals surface area contributed by atoms with E-state index in [1.54, 1.807) is 0 Å². The van der Waals surface area contributed by atoms with Crippen LogP contribution in [-0.4, -0.2) is 47.7 Å². The van der Waals surface area contributed by atoms with Crippen LogP contribution in [0.5, 0.6) is 0 Å². The number of hydrogen-bond acceptors (Lipinski definition) is 4. The number of hydrogen-bond donors (Lipinski definition) is 2. The van der Waals surface area contributed by atoms with Gasteiger partial charge in [-0.15, -0.1) is 0 Å². The lowest BCUT2D eigenvalue weighted by atomic mass is 9.89. The molecule has 1 aliphatic carbocycles. The average Bonchev–Trinajstić information content (AvgIpc) is 2.39. The molecule has 1 saturated heterocycles. The molecule has 2 rings (SSSR count). The summed E-state index contributed by atoms with van der Waals surface area (Å²) >= 11 is 0. The Morgan fingerprint density at radius 2 is 2.00 bits per heavy atom. The monoisotopic (exact) mass is 279 g/mol. The number of nitriles is 1.